The third kappa shape index (κ3) is 4.53. The number of hydrogen-bond acceptors (Lipinski definition) is 4. The Kier molecular flexibility index (Phi) is 5.41. The molecule has 0 amide bonds. The number of nitrogens with zero attached hydrogens (tertiary/aromatic N) is 2. The first-order valence-corrected chi connectivity index (χ1v) is 6.53. The third-order valence-corrected chi connectivity index (χ3v) is 2.47. The number of anilines is 1. The Balaban J connectivity index is 2.90. The number of rotatable bonds is 7. The quantitative estimate of drug-likeness (QED) is 0.809. The first-order chi connectivity index (χ1) is 8.48. The maximum Gasteiger partial charge on any atom is 0.171 e. The lowest BCUT2D eigenvalue weighted by Crippen LogP contribution is -2.39. The zero-order valence-corrected chi connectivity index (χ0v) is 11.8. The monoisotopic (exact) mass is 252 g/mol. The summed E-state index contributed by atoms with van der Waals surface area (Å²) in [5, 5.41) is 9.94. The molecule has 4 nitrogen and oxygen atoms in total. The van der Waals surface area contributed by atoms with Crippen LogP contribution < -0.4 is 9.64 Å². The number of aromatic nitrogens is 1. The molecule has 102 valence electrons. The second-order valence-corrected chi connectivity index (χ2v) is 5.00. The molecular formula is C14H24N2O2. The summed E-state index contributed by atoms with van der Waals surface area (Å²) in [5.41, 5.74) is -0.754. The molecule has 0 aliphatic heterocycles. The lowest BCUT2D eigenvalue weighted by molar-refractivity contribution is 0.0872. The van der Waals surface area contributed by atoms with Gasteiger partial charge in [-0.25, -0.2) is 4.98 Å². The summed E-state index contributed by atoms with van der Waals surface area (Å²) >= 11 is 0. The topological polar surface area (TPSA) is 45.6 Å². The number of hydrogen-bond donors (Lipinski definition) is 1. The third-order valence-electron chi connectivity index (χ3n) is 2.47. The van der Waals surface area contributed by atoms with E-state index in [4.69, 9.17) is 4.74 Å². The van der Waals surface area contributed by atoms with E-state index in [0.29, 0.717) is 13.2 Å². The van der Waals surface area contributed by atoms with Crippen molar-refractivity contribution in [1.29, 1.82) is 0 Å². The normalized spacial score (nSPS) is 11.4. The summed E-state index contributed by atoms with van der Waals surface area (Å²) in [6.07, 6.45) is 2.72. The molecular weight excluding hydrogens is 228 g/mol. The van der Waals surface area contributed by atoms with Gasteiger partial charge in [-0.15, -0.1) is 0 Å². The maximum absolute atomic E-state index is 9.94. The fourth-order valence-corrected chi connectivity index (χ4v) is 1.75. The van der Waals surface area contributed by atoms with Crippen LogP contribution in [0.4, 0.5) is 5.82 Å². The molecule has 1 N–H and O–H groups in total. The van der Waals surface area contributed by atoms with Gasteiger partial charge in [-0.2, -0.15) is 0 Å². The summed E-state index contributed by atoms with van der Waals surface area (Å²) in [4.78, 5) is 6.41. The average molecular weight is 252 g/mol. The van der Waals surface area contributed by atoms with Gasteiger partial charge in [0.25, 0.3) is 0 Å². The van der Waals surface area contributed by atoms with Crippen molar-refractivity contribution in [1.82, 2.24) is 4.98 Å². The van der Waals surface area contributed by atoms with E-state index >= 15 is 0 Å². The van der Waals surface area contributed by atoms with E-state index in [-0.39, 0.29) is 0 Å². The van der Waals surface area contributed by atoms with Gasteiger partial charge in [-0.3, -0.25) is 0 Å². The molecule has 1 aromatic heterocycles. The summed E-state index contributed by atoms with van der Waals surface area (Å²) in [6, 6.07) is 3.79. The van der Waals surface area contributed by atoms with Crippen LogP contribution in [0.2, 0.25) is 0 Å². The number of likely N-dealkylation sites (N-methyl/N-ethyl adjacent to an activating group) is 1. The van der Waals surface area contributed by atoms with Crippen LogP contribution in [0.1, 0.15) is 34.1 Å². The van der Waals surface area contributed by atoms with Crippen LogP contribution in [0, 0.1) is 0 Å². The molecule has 0 radical (unpaired) electrons. The summed E-state index contributed by atoms with van der Waals surface area (Å²) in [7, 11) is 0. The Hall–Kier alpha value is -1.29. The van der Waals surface area contributed by atoms with Crippen molar-refractivity contribution in [3.63, 3.8) is 0 Å². The number of ether oxygens (including phenoxy) is 1. The van der Waals surface area contributed by atoms with E-state index in [1.165, 1.54) is 0 Å². The largest absolute Gasteiger partial charge is 0.490 e. The van der Waals surface area contributed by atoms with Crippen molar-refractivity contribution in [3.8, 4) is 5.75 Å². The summed E-state index contributed by atoms with van der Waals surface area (Å²) in [5.74, 6) is 1.58. The van der Waals surface area contributed by atoms with Crippen molar-refractivity contribution in [3.05, 3.63) is 18.3 Å². The Morgan fingerprint density at radius 2 is 2.11 bits per heavy atom. The molecule has 0 aliphatic carbocycles. The lowest BCUT2D eigenvalue weighted by Gasteiger charge is -2.30. The highest BCUT2D eigenvalue weighted by molar-refractivity contribution is 5.52. The second kappa shape index (κ2) is 6.59. The number of pyridine rings is 1. The molecule has 1 heterocycles. The lowest BCUT2D eigenvalue weighted by atomic mass is 10.1. The SMILES string of the molecule is CCCOc1cccnc1N(CC)CC(C)(C)O. The van der Waals surface area contributed by atoms with E-state index in [2.05, 4.69) is 11.9 Å². The van der Waals surface area contributed by atoms with Crippen molar-refractivity contribution in [2.75, 3.05) is 24.6 Å². The van der Waals surface area contributed by atoms with Gasteiger partial charge < -0.3 is 14.7 Å². The smallest absolute Gasteiger partial charge is 0.171 e. The van der Waals surface area contributed by atoms with Crippen LogP contribution in [0.5, 0.6) is 5.75 Å². The van der Waals surface area contributed by atoms with Crippen LogP contribution in [-0.4, -0.2) is 35.4 Å². The van der Waals surface area contributed by atoms with Gasteiger partial charge in [0.1, 0.15) is 0 Å². The van der Waals surface area contributed by atoms with E-state index in [9.17, 15) is 5.11 Å². The van der Waals surface area contributed by atoms with Crippen LogP contribution in [0.25, 0.3) is 0 Å². The predicted octanol–water partition coefficient (Wildman–Crippen LogP) is 2.47. The molecule has 0 spiro atoms. The predicted molar refractivity (Wildman–Crippen MR) is 74.2 cm³/mol. The zero-order valence-electron chi connectivity index (χ0n) is 11.8. The molecule has 0 aromatic carbocycles. The first kappa shape index (κ1) is 14.8. The van der Waals surface area contributed by atoms with Gasteiger partial charge in [0.2, 0.25) is 0 Å². The fourth-order valence-electron chi connectivity index (χ4n) is 1.75. The van der Waals surface area contributed by atoms with Gasteiger partial charge in [-0.05, 0) is 39.3 Å². The highest BCUT2D eigenvalue weighted by Gasteiger charge is 2.20. The van der Waals surface area contributed by atoms with Gasteiger partial charge in [0, 0.05) is 19.3 Å². The summed E-state index contributed by atoms with van der Waals surface area (Å²) < 4.78 is 5.70. The Morgan fingerprint density at radius 1 is 1.39 bits per heavy atom. The molecule has 0 bridgehead atoms. The minimum Gasteiger partial charge on any atom is -0.490 e. The van der Waals surface area contributed by atoms with Crippen LogP contribution in [0.3, 0.4) is 0 Å². The molecule has 0 fully saturated rings. The Bertz CT molecular complexity index is 361. The van der Waals surface area contributed by atoms with E-state index in [1.807, 2.05) is 24.0 Å². The second-order valence-electron chi connectivity index (χ2n) is 5.00. The van der Waals surface area contributed by atoms with E-state index in [0.717, 1.165) is 24.5 Å². The molecule has 1 rings (SSSR count). The number of aliphatic hydroxyl groups is 1. The van der Waals surface area contributed by atoms with Crippen LogP contribution in [0.15, 0.2) is 18.3 Å². The highest BCUT2D eigenvalue weighted by atomic mass is 16.5. The van der Waals surface area contributed by atoms with Crippen LogP contribution in [-0.2, 0) is 0 Å². The molecule has 0 saturated heterocycles. The highest BCUT2D eigenvalue weighted by Crippen LogP contribution is 2.26. The molecule has 4 heteroatoms. The standard InChI is InChI=1S/C14H24N2O2/c1-5-10-18-12-8-7-9-15-13(12)16(6-2)11-14(3,4)17/h7-9,17H,5-6,10-11H2,1-4H3. The van der Waals surface area contributed by atoms with Gasteiger partial charge in [-0.1, -0.05) is 6.92 Å². The molecule has 18 heavy (non-hydrogen) atoms. The molecule has 1 aromatic rings. The minimum absolute atomic E-state index is 0.531. The van der Waals surface area contributed by atoms with Crippen LogP contribution >= 0.6 is 0 Å². The average Bonchev–Trinajstić information content (AvgIpc) is 2.33. The molecule has 0 atom stereocenters. The van der Waals surface area contributed by atoms with Crippen molar-refractivity contribution >= 4 is 5.82 Å². The minimum atomic E-state index is -0.754. The van der Waals surface area contributed by atoms with Gasteiger partial charge >= 0.3 is 0 Å². The van der Waals surface area contributed by atoms with Crippen molar-refractivity contribution in [2.24, 2.45) is 0 Å². The van der Waals surface area contributed by atoms with Gasteiger partial charge in [0.05, 0.1) is 12.2 Å². The summed E-state index contributed by atoms with van der Waals surface area (Å²) in [6.45, 7) is 9.70. The fraction of sp³-hybridized carbons (Fsp3) is 0.643. The molecule has 0 saturated carbocycles. The van der Waals surface area contributed by atoms with Gasteiger partial charge in [0.15, 0.2) is 11.6 Å². The van der Waals surface area contributed by atoms with E-state index < -0.39 is 5.60 Å². The first-order valence-electron chi connectivity index (χ1n) is 6.53. The van der Waals surface area contributed by atoms with E-state index in [1.54, 1.807) is 20.0 Å². The molecule has 0 aliphatic rings. The zero-order chi connectivity index (χ0) is 13.6. The maximum atomic E-state index is 9.94. The van der Waals surface area contributed by atoms with Crippen molar-refractivity contribution in [2.45, 2.75) is 39.7 Å². The Morgan fingerprint density at radius 3 is 2.67 bits per heavy atom. The van der Waals surface area contributed by atoms with Crippen molar-refractivity contribution < 1.29 is 9.84 Å². The Labute approximate surface area is 110 Å². The molecule has 0 unspecified atom stereocenters.